The van der Waals surface area contributed by atoms with Crippen LogP contribution in [0.15, 0.2) is 0 Å². The fourth-order valence-corrected chi connectivity index (χ4v) is 2.58. The summed E-state index contributed by atoms with van der Waals surface area (Å²) in [4.78, 5) is 16.3. The van der Waals surface area contributed by atoms with Crippen LogP contribution in [0.2, 0.25) is 0 Å². The molecule has 1 aliphatic rings. The van der Waals surface area contributed by atoms with Crippen molar-refractivity contribution in [3.63, 3.8) is 0 Å². The third-order valence-corrected chi connectivity index (χ3v) is 3.30. The molecule has 4 nitrogen and oxygen atoms in total. The van der Waals surface area contributed by atoms with E-state index >= 15 is 0 Å². The standard InChI is InChI=1S/C12H24N2O2/c1-5-7-14-11(16)10(6-8-15)13(4)9-12(14,2)3/h10,15H,5-9H2,1-4H3. The normalized spacial score (nSPS) is 26.2. The number of nitrogens with zero attached hydrogens (tertiary/aromatic N) is 2. The molecule has 0 aromatic rings. The van der Waals surface area contributed by atoms with Crippen LogP contribution >= 0.6 is 0 Å². The van der Waals surface area contributed by atoms with Crippen molar-refractivity contribution >= 4 is 5.91 Å². The lowest BCUT2D eigenvalue weighted by Gasteiger charge is -2.49. The Labute approximate surface area is 98.2 Å². The molecule has 1 N–H and O–H groups in total. The van der Waals surface area contributed by atoms with Crippen LogP contribution < -0.4 is 0 Å². The average molecular weight is 228 g/mol. The third kappa shape index (κ3) is 2.55. The first-order valence-electron chi connectivity index (χ1n) is 6.06. The van der Waals surface area contributed by atoms with Gasteiger partial charge in [0.15, 0.2) is 0 Å². The van der Waals surface area contributed by atoms with Gasteiger partial charge in [0.05, 0.1) is 6.04 Å². The van der Waals surface area contributed by atoms with E-state index in [1.54, 1.807) is 0 Å². The molecule has 0 radical (unpaired) electrons. The second-order valence-corrected chi connectivity index (χ2v) is 5.25. The van der Waals surface area contributed by atoms with Gasteiger partial charge < -0.3 is 10.0 Å². The predicted molar refractivity (Wildman–Crippen MR) is 64.2 cm³/mol. The predicted octanol–water partition coefficient (Wildman–Crippen LogP) is 0.700. The molecule has 1 heterocycles. The highest BCUT2D eigenvalue weighted by molar-refractivity contribution is 5.83. The summed E-state index contributed by atoms with van der Waals surface area (Å²) in [5.41, 5.74) is -0.103. The van der Waals surface area contributed by atoms with Crippen LogP contribution in [0.5, 0.6) is 0 Å². The summed E-state index contributed by atoms with van der Waals surface area (Å²) in [7, 11) is 1.96. The first-order valence-corrected chi connectivity index (χ1v) is 6.06. The summed E-state index contributed by atoms with van der Waals surface area (Å²) >= 11 is 0. The van der Waals surface area contributed by atoms with Crippen molar-refractivity contribution in [1.29, 1.82) is 0 Å². The largest absolute Gasteiger partial charge is 0.396 e. The number of carbonyl (C=O) groups excluding carboxylic acids is 1. The maximum Gasteiger partial charge on any atom is 0.240 e. The molecule has 1 aliphatic heterocycles. The Morgan fingerprint density at radius 1 is 1.50 bits per heavy atom. The minimum Gasteiger partial charge on any atom is -0.396 e. The van der Waals surface area contributed by atoms with Crippen molar-refractivity contribution in [3.8, 4) is 0 Å². The molecule has 1 saturated heterocycles. The van der Waals surface area contributed by atoms with Gasteiger partial charge in [-0.15, -0.1) is 0 Å². The van der Waals surface area contributed by atoms with Crippen molar-refractivity contribution in [2.45, 2.75) is 45.2 Å². The van der Waals surface area contributed by atoms with E-state index in [1.165, 1.54) is 0 Å². The summed E-state index contributed by atoms with van der Waals surface area (Å²) < 4.78 is 0. The number of rotatable bonds is 4. The van der Waals surface area contributed by atoms with Crippen LogP contribution in [0, 0.1) is 0 Å². The van der Waals surface area contributed by atoms with E-state index in [0.29, 0.717) is 6.42 Å². The van der Waals surface area contributed by atoms with Crippen molar-refractivity contribution in [2.75, 3.05) is 26.7 Å². The monoisotopic (exact) mass is 228 g/mol. The van der Waals surface area contributed by atoms with Crippen molar-refractivity contribution in [3.05, 3.63) is 0 Å². The van der Waals surface area contributed by atoms with E-state index in [4.69, 9.17) is 5.11 Å². The number of hydrogen-bond donors (Lipinski definition) is 1. The van der Waals surface area contributed by atoms with Crippen molar-refractivity contribution in [1.82, 2.24) is 9.80 Å². The summed E-state index contributed by atoms with van der Waals surface area (Å²) in [6.07, 6.45) is 1.51. The molecule has 94 valence electrons. The molecule has 0 aromatic heterocycles. The van der Waals surface area contributed by atoms with Crippen LogP contribution in [0.3, 0.4) is 0 Å². The third-order valence-electron chi connectivity index (χ3n) is 3.30. The Kier molecular flexibility index (Phi) is 4.33. The van der Waals surface area contributed by atoms with Gasteiger partial charge in [-0.05, 0) is 33.7 Å². The number of amides is 1. The molecule has 16 heavy (non-hydrogen) atoms. The zero-order valence-electron chi connectivity index (χ0n) is 10.9. The SMILES string of the molecule is CCCN1C(=O)C(CCO)N(C)CC1(C)C. The smallest absolute Gasteiger partial charge is 0.240 e. The highest BCUT2D eigenvalue weighted by Gasteiger charge is 2.42. The van der Waals surface area contributed by atoms with Crippen molar-refractivity contribution < 1.29 is 9.90 Å². The summed E-state index contributed by atoms with van der Waals surface area (Å²) in [6.45, 7) is 8.04. The quantitative estimate of drug-likeness (QED) is 0.770. The molecule has 0 bridgehead atoms. The molecule has 1 atom stereocenters. The molecule has 0 spiro atoms. The molecular weight excluding hydrogens is 204 g/mol. The minimum absolute atomic E-state index is 0.0706. The molecule has 4 heteroatoms. The topological polar surface area (TPSA) is 43.8 Å². The van der Waals surface area contributed by atoms with Crippen molar-refractivity contribution in [2.24, 2.45) is 0 Å². The minimum atomic E-state index is -0.149. The number of hydrogen-bond acceptors (Lipinski definition) is 3. The highest BCUT2D eigenvalue weighted by atomic mass is 16.3. The fraction of sp³-hybridized carbons (Fsp3) is 0.917. The Hall–Kier alpha value is -0.610. The molecule has 0 saturated carbocycles. The van der Waals surface area contributed by atoms with E-state index < -0.39 is 0 Å². The van der Waals surface area contributed by atoms with Gasteiger partial charge >= 0.3 is 0 Å². The number of aliphatic hydroxyl groups is 1. The van der Waals surface area contributed by atoms with Gasteiger partial charge in [0.1, 0.15) is 0 Å². The first kappa shape index (κ1) is 13.5. The van der Waals surface area contributed by atoms with Crippen LogP contribution in [0.1, 0.15) is 33.6 Å². The van der Waals surface area contributed by atoms with E-state index in [9.17, 15) is 4.79 Å². The Bertz CT molecular complexity index is 253. The summed E-state index contributed by atoms with van der Waals surface area (Å²) in [6, 6.07) is -0.149. The number of piperazine rings is 1. The van der Waals surface area contributed by atoms with Crippen LogP contribution in [-0.4, -0.2) is 59.1 Å². The summed E-state index contributed by atoms with van der Waals surface area (Å²) in [5.74, 6) is 0.162. The first-order chi connectivity index (χ1) is 7.44. The van der Waals surface area contributed by atoms with E-state index in [-0.39, 0.29) is 24.1 Å². The van der Waals surface area contributed by atoms with Gasteiger partial charge in [0.2, 0.25) is 5.91 Å². The Morgan fingerprint density at radius 3 is 2.62 bits per heavy atom. The highest BCUT2D eigenvalue weighted by Crippen LogP contribution is 2.25. The lowest BCUT2D eigenvalue weighted by atomic mass is 9.94. The molecular formula is C12H24N2O2. The lowest BCUT2D eigenvalue weighted by molar-refractivity contribution is -0.151. The van der Waals surface area contributed by atoms with Gasteiger partial charge in [0.25, 0.3) is 0 Å². The Morgan fingerprint density at radius 2 is 2.12 bits per heavy atom. The van der Waals surface area contributed by atoms with Crippen LogP contribution in [0.25, 0.3) is 0 Å². The number of carbonyl (C=O) groups is 1. The van der Waals surface area contributed by atoms with Gasteiger partial charge in [-0.2, -0.15) is 0 Å². The van der Waals surface area contributed by atoms with E-state index in [2.05, 4.69) is 25.7 Å². The van der Waals surface area contributed by atoms with E-state index in [1.807, 2.05) is 11.9 Å². The zero-order chi connectivity index (χ0) is 12.3. The molecule has 1 amide bonds. The Balaban J connectivity index is 2.85. The maximum atomic E-state index is 12.3. The second-order valence-electron chi connectivity index (χ2n) is 5.25. The van der Waals surface area contributed by atoms with Crippen LogP contribution in [-0.2, 0) is 4.79 Å². The second kappa shape index (κ2) is 5.15. The number of likely N-dealkylation sites (N-methyl/N-ethyl adjacent to an activating group) is 1. The maximum absolute atomic E-state index is 12.3. The van der Waals surface area contributed by atoms with Gasteiger partial charge in [0, 0.05) is 25.2 Å². The van der Waals surface area contributed by atoms with Crippen LogP contribution in [0.4, 0.5) is 0 Å². The lowest BCUT2D eigenvalue weighted by Crippen LogP contribution is -2.65. The number of aliphatic hydroxyl groups excluding tert-OH is 1. The average Bonchev–Trinajstić information content (AvgIpc) is 2.18. The molecule has 1 rings (SSSR count). The van der Waals surface area contributed by atoms with E-state index in [0.717, 1.165) is 19.5 Å². The zero-order valence-corrected chi connectivity index (χ0v) is 10.9. The molecule has 1 unspecified atom stereocenters. The van der Waals surface area contributed by atoms with Gasteiger partial charge in [-0.3, -0.25) is 9.69 Å². The molecule has 0 aromatic carbocycles. The molecule has 0 aliphatic carbocycles. The summed E-state index contributed by atoms with van der Waals surface area (Å²) in [5, 5.41) is 9.00. The fourth-order valence-electron chi connectivity index (χ4n) is 2.58. The van der Waals surface area contributed by atoms with Gasteiger partial charge in [-0.25, -0.2) is 0 Å². The van der Waals surface area contributed by atoms with Gasteiger partial charge in [-0.1, -0.05) is 6.92 Å². The molecule has 1 fully saturated rings.